The van der Waals surface area contributed by atoms with Gasteiger partial charge >= 0.3 is 0 Å². The molecule has 3 heteroatoms. The maximum Gasteiger partial charge on any atom is 0.0440 e. The monoisotopic (exact) mass is 193 g/mol. The zero-order chi connectivity index (χ0) is 10.7. The minimum Gasteiger partial charge on any atom is -0.398 e. The summed E-state index contributed by atoms with van der Waals surface area (Å²) in [5.41, 5.74) is 20.1. The van der Waals surface area contributed by atoms with Gasteiger partial charge in [0.2, 0.25) is 0 Å². The number of anilines is 1. The summed E-state index contributed by atoms with van der Waals surface area (Å²) in [6, 6.07) is 5.83. The maximum atomic E-state index is 5.86. The van der Waals surface area contributed by atoms with E-state index in [0.29, 0.717) is 12.5 Å². The first-order chi connectivity index (χ1) is 6.56. The van der Waals surface area contributed by atoms with Gasteiger partial charge in [-0.15, -0.1) is 0 Å². The van der Waals surface area contributed by atoms with E-state index in [2.05, 4.69) is 19.9 Å². The van der Waals surface area contributed by atoms with Crippen LogP contribution in [0.1, 0.15) is 36.9 Å². The Morgan fingerprint density at radius 2 is 1.93 bits per heavy atom. The molecule has 1 rings (SSSR count). The number of nitrogens with two attached hydrogens (primary N) is 3. The van der Waals surface area contributed by atoms with Crippen LogP contribution in [0.3, 0.4) is 0 Å². The van der Waals surface area contributed by atoms with Crippen LogP contribution in [0.4, 0.5) is 5.69 Å². The Balaban J connectivity index is 3.08. The quantitative estimate of drug-likeness (QED) is 0.634. The van der Waals surface area contributed by atoms with Crippen LogP contribution < -0.4 is 17.2 Å². The molecule has 0 aliphatic rings. The molecule has 0 aliphatic carbocycles. The lowest BCUT2D eigenvalue weighted by molar-refractivity contribution is 0.735. The van der Waals surface area contributed by atoms with Crippen molar-refractivity contribution < 1.29 is 0 Å². The van der Waals surface area contributed by atoms with Gasteiger partial charge in [-0.3, -0.25) is 0 Å². The number of nitrogen functional groups attached to an aromatic ring is 1. The van der Waals surface area contributed by atoms with Crippen LogP contribution in [0, 0.1) is 0 Å². The molecule has 0 radical (unpaired) electrons. The van der Waals surface area contributed by atoms with Gasteiger partial charge in [-0.2, -0.15) is 0 Å². The second-order valence-corrected chi connectivity index (χ2v) is 3.89. The van der Waals surface area contributed by atoms with Crippen molar-refractivity contribution in [1.82, 2.24) is 0 Å². The Labute approximate surface area is 85.3 Å². The van der Waals surface area contributed by atoms with Crippen molar-refractivity contribution in [2.45, 2.75) is 25.8 Å². The van der Waals surface area contributed by atoms with Crippen LogP contribution in [-0.4, -0.2) is 6.54 Å². The third-order valence-corrected chi connectivity index (χ3v) is 2.43. The highest BCUT2D eigenvalue weighted by molar-refractivity contribution is 5.50. The fourth-order valence-corrected chi connectivity index (χ4v) is 1.40. The predicted molar refractivity (Wildman–Crippen MR) is 60.9 cm³/mol. The smallest absolute Gasteiger partial charge is 0.0440 e. The maximum absolute atomic E-state index is 5.86. The number of benzene rings is 1. The highest BCUT2D eigenvalue weighted by atomic mass is 14.7. The first-order valence-electron chi connectivity index (χ1n) is 4.91. The van der Waals surface area contributed by atoms with E-state index in [-0.39, 0.29) is 6.04 Å². The summed E-state index contributed by atoms with van der Waals surface area (Å²) >= 11 is 0. The fraction of sp³-hybridized carbons (Fsp3) is 0.455. The third kappa shape index (κ3) is 2.25. The van der Waals surface area contributed by atoms with E-state index in [1.165, 1.54) is 5.56 Å². The molecule has 1 unspecified atom stereocenters. The number of rotatable bonds is 3. The van der Waals surface area contributed by atoms with Crippen molar-refractivity contribution in [2.24, 2.45) is 11.5 Å². The van der Waals surface area contributed by atoms with Crippen molar-refractivity contribution in [2.75, 3.05) is 12.3 Å². The van der Waals surface area contributed by atoms with E-state index in [1.54, 1.807) is 0 Å². The largest absolute Gasteiger partial charge is 0.398 e. The molecule has 1 atom stereocenters. The second kappa shape index (κ2) is 4.44. The third-order valence-electron chi connectivity index (χ3n) is 2.43. The van der Waals surface area contributed by atoms with E-state index in [9.17, 15) is 0 Å². The van der Waals surface area contributed by atoms with E-state index in [1.807, 2.05) is 12.1 Å². The average molecular weight is 193 g/mol. The Bertz CT molecular complexity index is 307. The standard InChI is InChI=1S/C11H19N3/c1-7(2)8-3-4-10(13)9(5-8)11(14)6-12/h3-5,7,11H,6,12-14H2,1-2H3. The Morgan fingerprint density at radius 3 is 2.43 bits per heavy atom. The molecule has 0 aromatic heterocycles. The molecule has 1 aromatic rings. The molecule has 0 saturated carbocycles. The SMILES string of the molecule is CC(C)c1ccc(N)c(C(N)CN)c1. The molecule has 0 amide bonds. The van der Waals surface area contributed by atoms with Crippen LogP contribution in [0.25, 0.3) is 0 Å². The molecule has 0 bridgehead atoms. The molecule has 3 nitrogen and oxygen atoms in total. The van der Waals surface area contributed by atoms with Crippen LogP contribution in [0.2, 0.25) is 0 Å². The van der Waals surface area contributed by atoms with Crippen LogP contribution in [0.5, 0.6) is 0 Å². The summed E-state index contributed by atoms with van der Waals surface area (Å²) in [6.45, 7) is 4.71. The van der Waals surface area contributed by atoms with E-state index in [4.69, 9.17) is 17.2 Å². The lowest BCUT2D eigenvalue weighted by Crippen LogP contribution is -2.22. The number of hydrogen-bond donors (Lipinski definition) is 3. The molecule has 1 aromatic carbocycles. The molecule has 6 N–H and O–H groups in total. The van der Waals surface area contributed by atoms with E-state index >= 15 is 0 Å². The Morgan fingerprint density at radius 1 is 1.29 bits per heavy atom. The summed E-state index contributed by atoms with van der Waals surface area (Å²) in [4.78, 5) is 0. The highest BCUT2D eigenvalue weighted by Gasteiger charge is 2.09. The van der Waals surface area contributed by atoms with E-state index in [0.717, 1.165) is 11.3 Å². The van der Waals surface area contributed by atoms with Gasteiger partial charge in [-0.05, 0) is 23.1 Å². The van der Waals surface area contributed by atoms with Gasteiger partial charge < -0.3 is 17.2 Å². The van der Waals surface area contributed by atoms with Gasteiger partial charge in [-0.1, -0.05) is 26.0 Å². The predicted octanol–water partition coefficient (Wildman–Crippen LogP) is 1.35. The van der Waals surface area contributed by atoms with Crippen molar-refractivity contribution in [3.05, 3.63) is 29.3 Å². The molecule has 0 fully saturated rings. The molecule has 14 heavy (non-hydrogen) atoms. The van der Waals surface area contributed by atoms with Gasteiger partial charge in [0.1, 0.15) is 0 Å². The molecule has 0 aliphatic heterocycles. The minimum absolute atomic E-state index is 0.159. The second-order valence-electron chi connectivity index (χ2n) is 3.89. The van der Waals surface area contributed by atoms with Crippen LogP contribution in [0.15, 0.2) is 18.2 Å². The lowest BCUT2D eigenvalue weighted by Gasteiger charge is -2.15. The Kier molecular flexibility index (Phi) is 3.49. The van der Waals surface area contributed by atoms with Crippen LogP contribution in [-0.2, 0) is 0 Å². The summed E-state index contributed by atoms with van der Waals surface area (Å²) < 4.78 is 0. The van der Waals surface area contributed by atoms with Gasteiger partial charge in [0, 0.05) is 18.3 Å². The van der Waals surface area contributed by atoms with Gasteiger partial charge in [0.25, 0.3) is 0 Å². The number of hydrogen-bond acceptors (Lipinski definition) is 3. The first kappa shape index (κ1) is 11.0. The molecular weight excluding hydrogens is 174 g/mol. The topological polar surface area (TPSA) is 78.1 Å². The normalized spacial score (nSPS) is 13.2. The van der Waals surface area contributed by atoms with Crippen molar-refractivity contribution in [3.63, 3.8) is 0 Å². The molecule has 0 spiro atoms. The molecule has 0 heterocycles. The summed E-state index contributed by atoms with van der Waals surface area (Å²) in [7, 11) is 0. The van der Waals surface area contributed by atoms with Crippen LogP contribution >= 0.6 is 0 Å². The van der Waals surface area contributed by atoms with Gasteiger partial charge in [-0.25, -0.2) is 0 Å². The van der Waals surface area contributed by atoms with Crippen molar-refractivity contribution in [1.29, 1.82) is 0 Å². The van der Waals surface area contributed by atoms with Crippen molar-refractivity contribution in [3.8, 4) is 0 Å². The molecular formula is C11H19N3. The minimum atomic E-state index is -0.159. The first-order valence-corrected chi connectivity index (χ1v) is 4.91. The Hall–Kier alpha value is -1.06. The summed E-state index contributed by atoms with van der Waals surface area (Å²) in [5.74, 6) is 0.485. The van der Waals surface area contributed by atoms with Gasteiger partial charge in [0.15, 0.2) is 0 Å². The lowest BCUT2D eigenvalue weighted by atomic mass is 9.96. The van der Waals surface area contributed by atoms with Crippen molar-refractivity contribution >= 4 is 5.69 Å². The highest BCUT2D eigenvalue weighted by Crippen LogP contribution is 2.23. The fourth-order valence-electron chi connectivity index (χ4n) is 1.40. The van der Waals surface area contributed by atoms with E-state index < -0.39 is 0 Å². The summed E-state index contributed by atoms with van der Waals surface area (Å²) in [5, 5.41) is 0. The zero-order valence-corrected chi connectivity index (χ0v) is 8.83. The van der Waals surface area contributed by atoms with Gasteiger partial charge in [0.05, 0.1) is 0 Å². The summed E-state index contributed by atoms with van der Waals surface area (Å²) in [6.07, 6.45) is 0. The zero-order valence-electron chi connectivity index (χ0n) is 8.83. The molecule has 78 valence electrons. The average Bonchev–Trinajstić information content (AvgIpc) is 2.17. The molecule has 0 saturated heterocycles.